The molecule has 0 spiro atoms. The Morgan fingerprint density at radius 2 is 2.12 bits per heavy atom. The number of rotatable bonds is 2. The minimum atomic E-state index is -0.504. The number of halogens is 1. The Morgan fingerprint density at radius 3 is 2.76 bits per heavy atom. The number of aliphatic hydroxyl groups is 1. The van der Waals surface area contributed by atoms with Crippen LogP contribution in [0.15, 0.2) is 28.7 Å². The lowest BCUT2D eigenvalue weighted by Crippen LogP contribution is -2.03. The summed E-state index contributed by atoms with van der Waals surface area (Å²) in [6, 6.07) is 7.38. The fourth-order valence-corrected chi connectivity index (χ4v) is 2.61. The van der Waals surface area contributed by atoms with Crippen LogP contribution in [0.3, 0.4) is 0 Å². The summed E-state index contributed by atoms with van der Waals surface area (Å²) in [4.78, 5) is 0. The quantitative estimate of drug-likeness (QED) is 0.868. The number of hydrogen-bond acceptors (Lipinski definition) is 2. The van der Waals surface area contributed by atoms with E-state index in [1.54, 1.807) is 6.07 Å². The van der Waals surface area contributed by atoms with E-state index in [2.05, 4.69) is 13.8 Å². The van der Waals surface area contributed by atoms with Crippen LogP contribution >= 0.6 is 11.6 Å². The second-order valence-corrected chi connectivity index (χ2v) is 6.01. The summed E-state index contributed by atoms with van der Waals surface area (Å²) < 4.78 is 5.67. The highest BCUT2D eigenvalue weighted by molar-refractivity contribution is 6.31. The molecule has 0 bridgehead atoms. The van der Waals surface area contributed by atoms with E-state index in [4.69, 9.17) is 16.0 Å². The number of fused-ring (bicyclic) bond motifs is 1. The average Bonchev–Trinajstić information content (AvgIpc) is 2.73. The van der Waals surface area contributed by atoms with E-state index in [9.17, 15) is 5.11 Å². The average molecular weight is 251 g/mol. The molecule has 0 amide bonds. The summed E-state index contributed by atoms with van der Waals surface area (Å²) in [6.45, 7) is 4.33. The molecule has 1 fully saturated rings. The molecule has 2 atom stereocenters. The summed E-state index contributed by atoms with van der Waals surface area (Å²) in [5.41, 5.74) is 1.01. The Morgan fingerprint density at radius 1 is 1.41 bits per heavy atom. The predicted molar refractivity (Wildman–Crippen MR) is 68.1 cm³/mol. The minimum Gasteiger partial charge on any atom is -0.458 e. The van der Waals surface area contributed by atoms with Crippen LogP contribution in [0.25, 0.3) is 11.0 Å². The fourth-order valence-electron chi connectivity index (χ4n) is 2.43. The van der Waals surface area contributed by atoms with E-state index < -0.39 is 6.10 Å². The first-order valence-electron chi connectivity index (χ1n) is 5.84. The molecule has 2 aromatic rings. The van der Waals surface area contributed by atoms with Crippen molar-refractivity contribution in [2.45, 2.75) is 26.4 Å². The molecule has 3 rings (SSSR count). The van der Waals surface area contributed by atoms with Crippen molar-refractivity contribution in [3.05, 3.63) is 35.0 Å². The Kier molecular flexibility index (Phi) is 2.29. The number of furan rings is 1. The zero-order valence-corrected chi connectivity index (χ0v) is 10.7. The molecule has 2 nitrogen and oxygen atoms in total. The third-order valence-corrected chi connectivity index (χ3v) is 3.99. The summed E-state index contributed by atoms with van der Waals surface area (Å²) >= 11 is 5.92. The Balaban J connectivity index is 1.96. The van der Waals surface area contributed by atoms with Gasteiger partial charge in [-0.3, -0.25) is 0 Å². The Hall–Kier alpha value is -0.990. The third kappa shape index (κ3) is 1.85. The number of aliphatic hydroxyl groups excluding tert-OH is 1. The van der Waals surface area contributed by atoms with Crippen LogP contribution in [0.1, 0.15) is 32.1 Å². The van der Waals surface area contributed by atoms with Crippen molar-refractivity contribution < 1.29 is 9.52 Å². The first kappa shape index (κ1) is 11.1. The zero-order chi connectivity index (χ0) is 12.2. The largest absolute Gasteiger partial charge is 0.458 e. The van der Waals surface area contributed by atoms with Crippen LogP contribution < -0.4 is 0 Å². The standard InChI is InChI=1S/C14H15ClO2/c1-14(2)7-10(14)13(16)12-6-8-5-9(15)3-4-11(8)17-12/h3-6,10,13,16H,7H2,1-2H3. The van der Waals surface area contributed by atoms with Gasteiger partial charge in [-0.25, -0.2) is 0 Å². The fraction of sp³-hybridized carbons (Fsp3) is 0.429. The molecular weight excluding hydrogens is 236 g/mol. The van der Waals surface area contributed by atoms with E-state index in [1.807, 2.05) is 18.2 Å². The van der Waals surface area contributed by atoms with Gasteiger partial charge in [-0.15, -0.1) is 0 Å². The van der Waals surface area contributed by atoms with Crippen LogP contribution in [-0.4, -0.2) is 5.11 Å². The first-order chi connectivity index (χ1) is 7.97. The summed E-state index contributed by atoms with van der Waals surface area (Å²) in [5.74, 6) is 0.955. The highest BCUT2D eigenvalue weighted by atomic mass is 35.5. The predicted octanol–water partition coefficient (Wildman–Crippen LogP) is 4.17. The molecule has 17 heavy (non-hydrogen) atoms. The molecule has 2 unspecified atom stereocenters. The first-order valence-corrected chi connectivity index (χ1v) is 6.22. The van der Waals surface area contributed by atoms with Crippen molar-refractivity contribution in [2.75, 3.05) is 0 Å². The summed E-state index contributed by atoms with van der Waals surface area (Å²) in [5, 5.41) is 11.9. The maximum Gasteiger partial charge on any atom is 0.134 e. The van der Waals surface area contributed by atoms with Crippen LogP contribution in [0, 0.1) is 11.3 Å². The number of hydrogen-bond donors (Lipinski definition) is 1. The lowest BCUT2D eigenvalue weighted by molar-refractivity contribution is 0.115. The van der Waals surface area contributed by atoms with Crippen molar-refractivity contribution in [1.82, 2.24) is 0 Å². The monoisotopic (exact) mass is 250 g/mol. The van der Waals surface area contributed by atoms with Gasteiger partial charge in [-0.1, -0.05) is 25.4 Å². The van der Waals surface area contributed by atoms with Gasteiger partial charge in [0.05, 0.1) is 0 Å². The Labute approximate surface area is 105 Å². The van der Waals surface area contributed by atoms with Gasteiger partial charge in [0.2, 0.25) is 0 Å². The van der Waals surface area contributed by atoms with Crippen molar-refractivity contribution in [1.29, 1.82) is 0 Å². The highest BCUT2D eigenvalue weighted by Gasteiger charge is 2.51. The van der Waals surface area contributed by atoms with E-state index in [-0.39, 0.29) is 5.41 Å². The third-order valence-electron chi connectivity index (χ3n) is 3.76. The van der Waals surface area contributed by atoms with Gasteiger partial charge in [0.1, 0.15) is 17.4 Å². The van der Waals surface area contributed by atoms with Gasteiger partial charge in [0.25, 0.3) is 0 Å². The maximum atomic E-state index is 10.2. The van der Waals surface area contributed by atoms with E-state index in [0.717, 1.165) is 17.4 Å². The van der Waals surface area contributed by atoms with Crippen LogP contribution in [0.5, 0.6) is 0 Å². The number of benzene rings is 1. The van der Waals surface area contributed by atoms with E-state index in [0.29, 0.717) is 16.7 Å². The van der Waals surface area contributed by atoms with Gasteiger partial charge in [0, 0.05) is 10.4 Å². The summed E-state index contributed by atoms with van der Waals surface area (Å²) in [7, 11) is 0. The second-order valence-electron chi connectivity index (χ2n) is 5.57. The van der Waals surface area contributed by atoms with Crippen LogP contribution in [-0.2, 0) is 0 Å². The molecule has 1 saturated carbocycles. The van der Waals surface area contributed by atoms with E-state index in [1.165, 1.54) is 0 Å². The molecule has 1 aromatic heterocycles. The van der Waals surface area contributed by atoms with Gasteiger partial charge in [-0.2, -0.15) is 0 Å². The molecular formula is C14H15ClO2. The smallest absolute Gasteiger partial charge is 0.134 e. The molecule has 1 N–H and O–H groups in total. The topological polar surface area (TPSA) is 33.4 Å². The SMILES string of the molecule is CC1(C)CC1C(O)c1cc2cc(Cl)ccc2o1. The molecule has 3 heteroatoms. The molecule has 1 aromatic carbocycles. The van der Waals surface area contributed by atoms with Crippen molar-refractivity contribution in [3.63, 3.8) is 0 Å². The van der Waals surface area contributed by atoms with Crippen molar-refractivity contribution in [3.8, 4) is 0 Å². The highest BCUT2D eigenvalue weighted by Crippen LogP contribution is 2.58. The molecule has 0 aliphatic heterocycles. The van der Waals surface area contributed by atoms with Crippen LogP contribution in [0.4, 0.5) is 0 Å². The minimum absolute atomic E-state index is 0.232. The second kappa shape index (κ2) is 3.50. The molecule has 0 radical (unpaired) electrons. The van der Waals surface area contributed by atoms with Crippen LogP contribution in [0.2, 0.25) is 5.02 Å². The molecule has 1 heterocycles. The normalized spacial score (nSPS) is 23.9. The van der Waals surface area contributed by atoms with Gasteiger partial charge < -0.3 is 9.52 Å². The lowest BCUT2D eigenvalue weighted by Gasteiger charge is -2.08. The molecule has 0 saturated heterocycles. The lowest BCUT2D eigenvalue weighted by atomic mass is 10.0. The van der Waals surface area contributed by atoms with Gasteiger partial charge in [-0.05, 0) is 42.0 Å². The maximum absolute atomic E-state index is 10.2. The van der Waals surface area contributed by atoms with Crippen molar-refractivity contribution >= 4 is 22.6 Å². The molecule has 1 aliphatic rings. The summed E-state index contributed by atoms with van der Waals surface area (Å²) in [6.07, 6.45) is 0.544. The van der Waals surface area contributed by atoms with Gasteiger partial charge in [0.15, 0.2) is 0 Å². The zero-order valence-electron chi connectivity index (χ0n) is 9.90. The van der Waals surface area contributed by atoms with E-state index >= 15 is 0 Å². The Bertz CT molecular complexity index is 571. The van der Waals surface area contributed by atoms with Gasteiger partial charge >= 0.3 is 0 Å². The molecule has 90 valence electrons. The molecule has 1 aliphatic carbocycles. The van der Waals surface area contributed by atoms with Crippen molar-refractivity contribution in [2.24, 2.45) is 11.3 Å².